The molecule has 88 valence electrons. The predicted molar refractivity (Wildman–Crippen MR) is 59.9 cm³/mol. The molecule has 0 spiro atoms. The Balaban J connectivity index is 1.93. The van der Waals surface area contributed by atoms with E-state index in [-0.39, 0.29) is 11.9 Å². The fraction of sp³-hybridized carbons (Fsp3) is 0.500. The fourth-order valence-electron chi connectivity index (χ4n) is 1.79. The van der Waals surface area contributed by atoms with Crippen LogP contribution in [0.1, 0.15) is 19.3 Å². The molecule has 1 aromatic carbocycles. The maximum atomic E-state index is 13.4. The van der Waals surface area contributed by atoms with E-state index in [0.717, 1.165) is 25.9 Å². The first-order valence-electron chi connectivity index (χ1n) is 5.56. The van der Waals surface area contributed by atoms with E-state index in [2.05, 4.69) is 0 Å². The number of hydrogen-bond donors (Lipinski definition) is 1. The molecule has 16 heavy (non-hydrogen) atoms. The first kappa shape index (κ1) is 11.2. The van der Waals surface area contributed by atoms with Gasteiger partial charge in [0.15, 0.2) is 11.6 Å². The minimum Gasteiger partial charge on any atom is -0.486 e. The van der Waals surface area contributed by atoms with E-state index >= 15 is 0 Å². The average Bonchev–Trinajstić information content (AvgIpc) is 2.30. The summed E-state index contributed by atoms with van der Waals surface area (Å²) < 4.78 is 24.2. The van der Waals surface area contributed by atoms with E-state index in [1.54, 1.807) is 12.1 Å². The summed E-state index contributed by atoms with van der Waals surface area (Å²) >= 11 is 0. The van der Waals surface area contributed by atoms with Crippen LogP contribution in [-0.4, -0.2) is 19.3 Å². The van der Waals surface area contributed by atoms with Crippen molar-refractivity contribution in [2.75, 3.05) is 18.9 Å². The molecule has 2 N–H and O–H groups in total. The van der Waals surface area contributed by atoms with Gasteiger partial charge in [-0.15, -0.1) is 0 Å². The maximum absolute atomic E-state index is 13.4. The number of hydrogen-bond acceptors (Lipinski definition) is 3. The third-order valence-corrected chi connectivity index (χ3v) is 2.68. The summed E-state index contributed by atoms with van der Waals surface area (Å²) in [6, 6.07) is 4.53. The fourth-order valence-corrected chi connectivity index (χ4v) is 1.79. The van der Waals surface area contributed by atoms with Gasteiger partial charge in [-0.1, -0.05) is 6.07 Å². The number of benzene rings is 1. The van der Waals surface area contributed by atoms with Gasteiger partial charge < -0.3 is 15.2 Å². The Hall–Kier alpha value is -1.29. The Morgan fingerprint density at radius 2 is 2.31 bits per heavy atom. The molecule has 1 atom stereocenters. The quantitative estimate of drug-likeness (QED) is 0.803. The van der Waals surface area contributed by atoms with Gasteiger partial charge in [0.1, 0.15) is 6.61 Å². The van der Waals surface area contributed by atoms with Crippen LogP contribution in [0.5, 0.6) is 5.75 Å². The molecule has 1 unspecified atom stereocenters. The topological polar surface area (TPSA) is 44.5 Å². The zero-order chi connectivity index (χ0) is 11.4. The zero-order valence-corrected chi connectivity index (χ0v) is 9.12. The van der Waals surface area contributed by atoms with Crippen LogP contribution in [0, 0.1) is 5.82 Å². The number of nitrogens with two attached hydrogens (primary N) is 1. The van der Waals surface area contributed by atoms with Crippen molar-refractivity contribution < 1.29 is 13.9 Å². The monoisotopic (exact) mass is 225 g/mol. The third-order valence-electron chi connectivity index (χ3n) is 2.68. The van der Waals surface area contributed by atoms with Crippen molar-refractivity contribution in [3.63, 3.8) is 0 Å². The van der Waals surface area contributed by atoms with E-state index < -0.39 is 5.82 Å². The van der Waals surface area contributed by atoms with E-state index in [9.17, 15) is 4.39 Å². The van der Waals surface area contributed by atoms with Crippen molar-refractivity contribution in [3.05, 3.63) is 24.0 Å². The SMILES string of the molecule is Nc1cccc(F)c1OCC1CCCCO1. The Morgan fingerprint density at radius 3 is 3.00 bits per heavy atom. The summed E-state index contributed by atoms with van der Waals surface area (Å²) in [5.41, 5.74) is 5.96. The smallest absolute Gasteiger partial charge is 0.177 e. The molecular weight excluding hydrogens is 209 g/mol. The normalized spacial score (nSPS) is 20.7. The predicted octanol–water partition coefficient (Wildman–Crippen LogP) is 2.36. The van der Waals surface area contributed by atoms with Gasteiger partial charge in [-0.3, -0.25) is 0 Å². The van der Waals surface area contributed by atoms with Crippen LogP contribution in [0.4, 0.5) is 10.1 Å². The minimum absolute atomic E-state index is 0.0627. The summed E-state index contributed by atoms with van der Waals surface area (Å²) in [7, 11) is 0. The molecule has 3 nitrogen and oxygen atoms in total. The molecule has 1 aliphatic rings. The summed E-state index contributed by atoms with van der Waals surface area (Å²) in [5.74, 6) is -0.285. The molecule has 0 aromatic heterocycles. The van der Waals surface area contributed by atoms with Gasteiger partial charge in [-0.2, -0.15) is 0 Å². The molecule has 0 saturated carbocycles. The molecule has 1 saturated heterocycles. The minimum atomic E-state index is -0.421. The zero-order valence-electron chi connectivity index (χ0n) is 9.12. The van der Waals surface area contributed by atoms with Gasteiger partial charge >= 0.3 is 0 Å². The Kier molecular flexibility index (Phi) is 3.62. The second-order valence-corrected chi connectivity index (χ2v) is 3.96. The molecule has 0 amide bonds. The summed E-state index contributed by atoms with van der Waals surface area (Å²) in [6.45, 7) is 1.13. The lowest BCUT2D eigenvalue weighted by Gasteiger charge is -2.23. The summed E-state index contributed by atoms with van der Waals surface area (Å²) in [6.07, 6.45) is 3.26. The van der Waals surface area contributed by atoms with E-state index in [1.165, 1.54) is 6.07 Å². The van der Waals surface area contributed by atoms with Crippen molar-refractivity contribution in [1.29, 1.82) is 0 Å². The van der Waals surface area contributed by atoms with Crippen molar-refractivity contribution in [3.8, 4) is 5.75 Å². The van der Waals surface area contributed by atoms with Gasteiger partial charge in [-0.05, 0) is 31.4 Å². The summed E-state index contributed by atoms with van der Waals surface area (Å²) in [4.78, 5) is 0. The molecule has 4 heteroatoms. The highest BCUT2D eigenvalue weighted by atomic mass is 19.1. The highest BCUT2D eigenvalue weighted by Crippen LogP contribution is 2.25. The van der Waals surface area contributed by atoms with Crippen molar-refractivity contribution >= 4 is 5.69 Å². The van der Waals surface area contributed by atoms with Crippen LogP contribution in [0.3, 0.4) is 0 Å². The highest BCUT2D eigenvalue weighted by Gasteiger charge is 2.16. The molecule has 1 fully saturated rings. The molecule has 2 rings (SSSR count). The molecule has 1 aromatic rings. The lowest BCUT2D eigenvalue weighted by Crippen LogP contribution is -2.26. The van der Waals surface area contributed by atoms with Crippen LogP contribution in [0.15, 0.2) is 18.2 Å². The van der Waals surface area contributed by atoms with Crippen LogP contribution in [0.2, 0.25) is 0 Å². The second-order valence-electron chi connectivity index (χ2n) is 3.96. The molecular formula is C12H16FNO2. The van der Waals surface area contributed by atoms with E-state index in [0.29, 0.717) is 12.3 Å². The highest BCUT2D eigenvalue weighted by molar-refractivity contribution is 5.52. The molecule has 0 aliphatic carbocycles. The molecule has 0 radical (unpaired) electrons. The number of ether oxygens (including phenoxy) is 2. The first-order valence-corrected chi connectivity index (χ1v) is 5.56. The lowest BCUT2D eigenvalue weighted by atomic mass is 10.1. The molecule has 1 heterocycles. The van der Waals surface area contributed by atoms with Crippen LogP contribution in [-0.2, 0) is 4.74 Å². The number of halogens is 1. The Morgan fingerprint density at radius 1 is 1.44 bits per heavy atom. The van der Waals surface area contributed by atoms with Gasteiger partial charge in [-0.25, -0.2) is 4.39 Å². The third kappa shape index (κ3) is 2.64. The van der Waals surface area contributed by atoms with Gasteiger partial charge in [0.05, 0.1) is 11.8 Å². The number of para-hydroxylation sites is 1. The molecule has 0 bridgehead atoms. The van der Waals surface area contributed by atoms with E-state index in [1.807, 2.05) is 0 Å². The van der Waals surface area contributed by atoms with Crippen molar-refractivity contribution in [2.45, 2.75) is 25.4 Å². The van der Waals surface area contributed by atoms with Gasteiger partial charge in [0, 0.05) is 6.61 Å². The average molecular weight is 225 g/mol. The first-order chi connectivity index (χ1) is 7.77. The Bertz CT molecular complexity index is 331. The van der Waals surface area contributed by atoms with Gasteiger partial charge in [0.25, 0.3) is 0 Å². The number of anilines is 1. The maximum Gasteiger partial charge on any atom is 0.177 e. The van der Waals surface area contributed by atoms with Crippen molar-refractivity contribution in [2.24, 2.45) is 0 Å². The van der Waals surface area contributed by atoms with Crippen LogP contribution >= 0.6 is 0 Å². The Labute approximate surface area is 94.3 Å². The second kappa shape index (κ2) is 5.16. The van der Waals surface area contributed by atoms with Crippen LogP contribution < -0.4 is 10.5 Å². The number of nitrogen functional groups attached to an aromatic ring is 1. The molecule has 1 aliphatic heterocycles. The van der Waals surface area contributed by atoms with Crippen LogP contribution in [0.25, 0.3) is 0 Å². The number of rotatable bonds is 3. The van der Waals surface area contributed by atoms with Gasteiger partial charge in [0.2, 0.25) is 0 Å². The van der Waals surface area contributed by atoms with Crippen molar-refractivity contribution in [1.82, 2.24) is 0 Å². The lowest BCUT2D eigenvalue weighted by molar-refractivity contribution is -0.0115. The summed E-state index contributed by atoms with van der Waals surface area (Å²) in [5, 5.41) is 0. The largest absolute Gasteiger partial charge is 0.486 e. The standard InChI is InChI=1S/C12H16FNO2/c13-10-5-3-6-11(14)12(10)16-8-9-4-1-2-7-15-9/h3,5-6,9H,1-2,4,7-8,14H2. The van der Waals surface area contributed by atoms with E-state index in [4.69, 9.17) is 15.2 Å².